The summed E-state index contributed by atoms with van der Waals surface area (Å²) >= 11 is 1.56. The van der Waals surface area contributed by atoms with Crippen LogP contribution in [-0.2, 0) is 18.2 Å². The Labute approximate surface area is 139 Å². The van der Waals surface area contributed by atoms with Crippen LogP contribution in [0.4, 0.5) is 0 Å². The molecule has 6 heteroatoms. The number of aryl methyl sites for hydroxylation is 1. The number of thiophene rings is 1. The lowest BCUT2D eigenvalue weighted by atomic mass is 9.99. The van der Waals surface area contributed by atoms with Gasteiger partial charge in [-0.25, -0.2) is 0 Å². The largest absolute Gasteiger partial charge is 0.379 e. The van der Waals surface area contributed by atoms with Crippen LogP contribution < -0.4 is 0 Å². The summed E-state index contributed by atoms with van der Waals surface area (Å²) in [4.78, 5) is 14.8. The van der Waals surface area contributed by atoms with E-state index in [1.165, 1.54) is 18.4 Å². The molecule has 122 valence electrons. The quantitative estimate of drug-likeness (QED) is 0.846. The van der Waals surface area contributed by atoms with Crippen molar-refractivity contribution in [3.8, 4) is 0 Å². The molecule has 2 aromatic rings. The van der Waals surface area contributed by atoms with E-state index in [1.54, 1.807) is 11.3 Å². The molecule has 1 atom stereocenters. The van der Waals surface area contributed by atoms with Gasteiger partial charge in [-0.15, -0.1) is 0 Å². The predicted octanol–water partition coefficient (Wildman–Crippen LogP) is 2.65. The fraction of sp³-hybridized carbons (Fsp3) is 0.529. The molecular formula is C17H21N3O2S. The third-order valence-electron chi connectivity index (χ3n) is 4.73. The van der Waals surface area contributed by atoms with Gasteiger partial charge in [0, 0.05) is 25.6 Å². The fourth-order valence-corrected chi connectivity index (χ4v) is 3.88. The molecule has 0 aromatic carbocycles. The second-order valence-electron chi connectivity index (χ2n) is 6.44. The Hall–Kier alpha value is -1.66. The maximum atomic E-state index is 12.9. The zero-order chi connectivity index (χ0) is 15.8. The van der Waals surface area contributed by atoms with E-state index in [2.05, 4.69) is 5.10 Å². The molecule has 5 nitrogen and oxygen atoms in total. The molecule has 0 radical (unpaired) electrons. The molecule has 1 saturated carbocycles. The van der Waals surface area contributed by atoms with E-state index in [0.717, 1.165) is 36.7 Å². The Bertz CT molecular complexity index is 691. The number of hydrogen-bond donors (Lipinski definition) is 0. The first-order valence-corrected chi connectivity index (χ1v) is 9.10. The monoisotopic (exact) mass is 331 g/mol. The second-order valence-corrected chi connectivity index (χ2v) is 7.22. The first kappa shape index (κ1) is 14.9. The Kier molecular flexibility index (Phi) is 3.95. The molecule has 0 bridgehead atoms. The van der Waals surface area contributed by atoms with Crippen LogP contribution in [0, 0.1) is 5.92 Å². The van der Waals surface area contributed by atoms with E-state index >= 15 is 0 Å². The number of carbonyl (C=O) groups is 1. The standard InChI is InChI=1S/C17H21N3O2S/c1-19-16-13(8-18-19)4-6-20(17(21)14-5-7-23-11-14)15(16)10-22-9-12-2-3-12/h5,7-8,11-12,15H,2-4,6,9-10H2,1H3/t15-/m0/s1. The van der Waals surface area contributed by atoms with Gasteiger partial charge in [0.15, 0.2) is 0 Å². The van der Waals surface area contributed by atoms with Crippen LogP contribution in [0.2, 0.25) is 0 Å². The van der Waals surface area contributed by atoms with Gasteiger partial charge >= 0.3 is 0 Å². The summed E-state index contributed by atoms with van der Waals surface area (Å²) in [7, 11) is 1.95. The minimum absolute atomic E-state index is 0.0441. The molecule has 1 aliphatic carbocycles. The molecule has 1 amide bonds. The van der Waals surface area contributed by atoms with Crippen molar-refractivity contribution in [3.63, 3.8) is 0 Å². The third-order valence-corrected chi connectivity index (χ3v) is 5.42. The Morgan fingerprint density at radius 3 is 3.04 bits per heavy atom. The minimum Gasteiger partial charge on any atom is -0.379 e. The summed E-state index contributed by atoms with van der Waals surface area (Å²) in [5.41, 5.74) is 3.13. The van der Waals surface area contributed by atoms with Crippen LogP contribution in [0.15, 0.2) is 23.0 Å². The topological polar surface area (TPSA) is 47.4 Å². The SMILES string of the molecule is Cn1ncc2c1[C@H](COCC1CC1)N(C(=O)c1ccsc1)CC2. The van der Waals surface area contributed by atoms with E-state index in [0.29, 0.717) is 6.61 Å². The zero-order valence-corrected chi connectivity index (χ0v) is 14.1. The summed E-state index contributed by atoms with van der Waals surface area (Å²) in [5.74, 6) is 0.823. The van der Waals surface area contributed by atoms with Gasteiger partial charge in [-0.3, -0.25) is 9.48 Å². The molecule has 0 unspecified atom stereocenters. The number of aromatic nitrogens is 2. The van der Waals surface area contributed by atoms with Gasteiger partial charge in [0.25, 0.3) is 5.91 Å². The Balaban J connectivity index is 1.58. The molecular weight excluding hydrogens is 310 g/mol. The number of rotatable bonds is 5. The zero-order valence-electron chi connectivity index (χ0n) is 13.3. The van der Waals surface area contributed by atoms with Crippen molar-refractivity contribution in [1.82, 2.24) is 14.7 Å². The molecule has 2 aromatic heterocycles. The summed E-state index contributed by atoms with van der Waals surface area (Å²) in [6.07, 6.45) is 5.34. The normalized spacial score (nSPS) is 20.6. The molecule has 23 heavy (non-hydrogen) atoms. The third kappa shape index (κ3) is 2.93. The van der Waals surface area contributed by atoms with E-state index in [4.69, 9.17) is 4.74 Å². The smallest absolute Gasteiger partial charge is 0.255 e. The molecule has 2 aliphatic rings. The molecule has 1 fully saturated rings. The first-order valence-electron chi connectivity index (χ1n) is 8.15. The van der Waals surface area contributed by atoms with Gasteiger partial charge in [-0.2, -0.15) is 16.4 Å². The number of carbonyl (C=O) groups excluding carboxylic acids is 1. The fourth-order valence-electron chi connectivity index (χ4n) is 3.25. The molecule has 3 heterocycles. The minimum atomic E-state index is -0.0441. The van der Waals surface area contributed by atoms with Gasteiger partial charge in [0.1, 0.15) is 0 Å². The van der Waals surface area contributed by atoms with Crippen molar-refractivity contribution in [2.24, 2.45) is 13.0 Å². The van der Waals surface area contributed by atoms with E-state index in [9.17, 15) is 4.79 Å². The average Bonchev–Trinajstić information content (AvgIpc) is 3.07. The number of nitrogens with zero attached hydrogens (tertiary/aromatic N) is 3. The predicted molar refractivity (Wildman–Crippen MR) is 88.6 cm³/mol. The lowest BCUT2D eigenvalue weighted by molar-refractivity contribution is 0.0348. The van der Waals surface area contributed by atoms with Crippen LogP contribution in [0.3, 0.4) is 0 Å². The molecule has 0 N–H and O–H groups in total. The van der Waals surface area contributed by atoms with Gasteiger partial charge < -0.3 is 9.64 Å². The number of hydrogen-bond acceptors (Lipinski definition) is 4. The van der Waals surface area contributed by atoms with Crippen LogP contribution in [0.25, 0.3) is 0 Å². The summed E-state index contributed by atoms with van der Waals surface area (Å²) in [6.45, 7) is 2.09. The Morgan fingerprint density at radius 2 is 2.30 bits per heavy atom. The highest BCUT2D eigenvalue weighted by atomic mass is 32.1. The van der Waals surface area contributed by atoms with Gasteiger partial charge in [0.05, 0.1) is 30.1 Å². The Morgan fingerprint density at radius 1 is 1.43 bits per heavy atom. The van der Waals surface area contributed by atoms with Crippen LogP contribution in [-0.4, -0.2) is 40.3 Å². The number of amides is 1. The summed E-state index contributed by atoms with van der Waals surface area (Å²) < 4.78 is 7.84. The summed E-state index contributed by atoms with van der Waals surface area (Å²) in [5, 5.41) is 8.26. The molecule has 0 saturated heterocycles. The van der Waals surface area contributed by atoms with Gasteiger partial charge in [0.2, 0.25) is 0 Å². The van der Waals surface area contributed by atoms with E-state index < -0.39 is 0 Å². The second kappa shape index (κ2) is 6.09. The molecule has 0 spiro atoms. The lowest BCUT2D eigenvalue weighted by Crippen LogP contribution is -2.42. The maximum absolute atomic E-state index is 12.9. The van der Waals surface area contributed by atoms with Crippen molar-refractivity contribution in [1.29, 1.82) is 0 Å². The van der Waals surface area contributed by atoms with Crippen LogP contribution >= 0.6 is 11.3 Å². The lowest BCUT2D eigenvalue weighted by Gasteiger charge is -2.36. The highest BCUT2D eigenvalue weighted by Crippen LogP contribution is 2.33. The van der Waals surface area contributed by atoms with Crippen molar-refractivity contribution < 1.29 is 9.53 Å². The summed E-state index contributed by atoms with van der Waals surface area (Å²) in [6, 6.07) is 1.85. The highest BCUT2D eigenvalue weighted by molar-refractivity contribution is 7.08. The molecule has 1 aliphatic heterocycles. The molecule has 4 rings (SSSR count). The van der Waals surface area contributed by atoms with Gasteiger partial charge in [-0.1, -0.05) is 0 Å². The van der Waals surface area contributed by atoms with E-state index in [1.807, 2.05) is 39.7 Å². The van der Waals surface area contributed by atoms with Crippen LogP contribution in [0.1, 0.15) is 40.5 Å². The van der Waals surface area contributed by atoms with Crippen molar-refractivity contribution >= 4 is 17.2 Å². The van der Waals surface area contributed by atoms with Crippen molar-refractivity contribution in [3.05, 3.63) is 39.8 Å². The maximum Gasteiger partial charge on any atom is 0.255 e. The average molecular weight is 331 g/mol. The van der Waals surface area contributed by atoms with E-state index in [-0.39, 0.29) is 11.9 Å². The van der Waals surface area contributed by atoms with Crippen molar-refractivity contribution in [2.75, 3.05) is 19.8 Å². The van der Waals surface area contributed by atoms with Crippen molar-refractivity contribution in [2.45, 2.75) is 25.3 Å². The first-order chi connectivity index (χ1) is 11.2. The van der Waals surface area contributed by atoms with Crippen LogP contribution in [0.5, 0.6) is 0 Å². The number of fused-ring (bicyclic) bond motifs is 1. The van der Waals surface area contributed by atoms with Gasteiger partial charge in [-0.05, 0) is 42.2 Å². The number of ether oxygens (including phenoxy) is 1. The highest BCUT2D eigenvalue weighted by Gasteiger charge is 2.34.